The molecule has 2 N–H and O–H groups in total. The van der Waals surface area contributed by atoms with Crippen molar-refractivity contribution in [1.82, 2.24) is 9.80 Å². The summed E-state index contributed by atoms with van der Waals surface area (Å²) < 4.78 is 5.46. The van der Waals surface area contributed by atoms with Crippen molar-refractivity contribution in [2.45, 2.75) is 31.2 Å². The molecule has 0 atom stereocenters. The maximum atomic E-state index is 6.01. The van der Waals surface area contributed by atoms with Crippen LogP contribution >= 0.6 is 0 Å². The predicted octanol–water partition coefficient (Wildman–Crippen LogP) is 0.522. The Labute approximate surface area is 105 Å². The molecule has 0 amide bonds. The average molecular weight is 241 g/mol. The molecule has 0 spiro atoms. The molecule has 2 saturated heterocycles. The van der Waals surface area contributed by atoms with Gasteiger partial charge in [0.05, 0.1) is 0 Å². The summed E-state index contributed by atoms with van der Waals surface area (Å²) in [5, 5.41) is 0. The van der Waals surface area contributed by atoms with Gasteiger partial charge in [-0.3, -0.25) is 4.90 Å². The van der Waals surface area contributed by atoms with Crippen LogP contribution in [0, 0.1) is 0 Å². The molecule has 0 aliphatic carbocycles. The molecule has 0 aromatic carbocycles. The highest BCUT2D eigenvalue weighted by Crippen LogP contribution is 2.25. The number of hydrogen-bond donors (Lipinski definition) is 1. The maximum absolute atomic E-state index is 6.01. The summed E-state index contributed by atoms with van der Waals surface area (Å²) >= 11 is 0. The smallest absolute Gasteiger partial charge is 0.0484 e. The normalized spacial score (nSPS) is 25.6. The van der Waals surface area contributed by atoms with E-state index < -0.39 is 0 Å². The van der Waals surface area contributed by atoms with Gasteiger partial charge in [0.25, 0.3) is 0 Å². The van der Waals surface area contributed by atoms with E-state index in [9.17, 15) is 0 Å². The number of likely N-dealkylation sites (tertiary alicyclic amines) is 1. The summed E-state index contributed by atoms with van der Waals surface area (Å²) in [6.45, 7) is 7.39. The fourth-order valence-electron chi connectivity index (χ4n) is 3.03. The summed E-state index contributed by atoms with van der Waals surface area (Å²) in [6.07, 6.45) is 4.92. The lowest BCUT2D eigenvalue weighted by atomic mass is 9.88. The Kier molecular flexibility index (Phi) is 4.79. The van der Waals surface area contributed by atoms with Crippen LogP contribution in [-0.2, 0) is 4.74 Å². The zero-order valence-electron chi connectivity index (χ0n) is 11.2. The van der Waals surface area contributed by atoms with E-state index in [2.05, 4.69) is 16.8 Å². The van der Waals surface area contributed by atoms with Gasteiger partial charge in [0.2, 0.25) is 0 Å². The van der Waals surface area contributed by atoms with Gasteiger partial charge in [0.1, 0.15) is 0 Å². The van der Waals surface area contributed by atoms with E-state index in [0.29, 0.717) is 0 Å². The first-order valence-electron chi connectivity index (χ1n) is 6.98. The lowest BCUT2D eigenvalue weighted by Crippen LogP contribution is -2.56. The van der Waals surface area contributed by atoms with Crippen LogP contribution in [0.4, 0.5) is 0 Å². The molecular formula is C13H27N3O. The van der Waals surface area contributed by atoms with Gasteiger partial charge in [-0.2, -0.15) is 0 Å². The first-order valence-corrected chi connectivity index (χ1v) is 6.98. The van der Waals surface area contributed by atoms with Crippen molar-refractivity contribution in [2.75, 3.05) is 53.0 Å². The Balaban J connectivity index is 1.81. The third kappa shape index (κ3) is 3.19. The highest BCUT2D eigenvalue weighted by molar-refractivity contribution is 4.92. The van der Waals surface area contributed by atoms with Crippen LogP contribution < -0.4 is 5.73 Å². The van der Waals surface area contributed by atoms with Gasteiger partial charge >= 0.3 is 0 Å². The fourth-order valence-corrected chi connectivity index (χ4v) is 3.03. The van der Waals surface area contributed by atoms with Gasteiger partial charge in [0, 0.05) is 38.4 Å². The van der Waals surface area contributed by atoms with Crippen LogP contribution in [0.5, 0.6) is 0 Å². The zero-order chi connectivity index (χ0) is 12.1. The van der Waals surface area contributed by atoms with Gasteiger partial charge in [-0.05, 0) is 45.8 Å². The van der Waals surface area contributed by atoms with E-state index in [4.69, 9.17) is 10.5 Å². The molecule has 0 aromatic heterocycles. The molecule has 2 aliphatic heterocycles. The SMILES string of the molecule is CN(CCN1CCCC1)C1(CN)CCOCC1. The molecule has 0 aromatic rings. The fraction of sp³-hybridized carbons (Fsp3) is 1.00. The lowest BCUT2D eigenvalue weighted by Gasteiger charge is -2.44. The second kappa shape index (κ2) is 6.14. The number of rotatable bonds is 5. The van der Waals surface area contributed by atoms with Crippen LogP contribution in [-0.4, -0.2) is 68.3 Å². The molecular weight excluding hydrogens is 214 g/mol. The Bertz CT molecular complexity index is 223. The van der Waals surface area contributed by atoms with Crippen molar-refractivity contribution in [1.29, 1.82) is 0 Å². The van der Waals surface area contributed by atoms with E-state index >= 15 is 0 Å². The Morgan fingerprint density at radius 2 is 1.88 bits per heavy atom. The molecule has 0 saturated carbocycles. The minimum absolute atomic E-state index is 0.192. The number of nitrogens with two attached hydrogens (primary N) is 1. The van der Waals surface area contributed by atoms with Crippen molar-refractivity contribution in [3.05, 3.63) is 0 Å². The number of ether oxygens (including phenoxy) is 1. The number of hydrogen-bond acceptors (Lipinski definition) is 4. The average Bonchev–Trinajstić information content (AvgIpc) is 2.90. The Morgan fingerprint density at radius 1 is 1.24 bits per heavy atom. The van der Waals surface area contributed by atoms with Gasteiger partial charge in [-0.1, -0.05) is 0 Å². The van der Waals surface area contributed by atoms with Crippen molar-refractivity contribution < 1.29 is 4.74 Å². The third-order valence-electron chi connectivity index (χ3n) is 4.56. The van der Waals surface area contributed by atoms with E-state index in [0.717, 1.165) is 39.1 Å². The molecule has 2 aliphatic rings. The standard InChI is InChI=1S/C13H27N3O/c1-15(8-9-16-6-2-3-7-16)13(12-14)4-10-17-11-5-13/h2-12,14H2,1H3. The van der Waals surface area contributed by atoms with Gasteiger partial charge in [-0.15, -0.1) is 0 Å². The Morgan fingerprint density at radius 3 is 2.47 bits per heavy atom. The minimum Gasteiger partial charge on any atom is -0.381 e. The molecule has 2 rings (SSSR count). The zero-order valence-corrected chi connectivity index (χ0v) is 11.2. The summed E-state index contributed by atoms with van der Waals surface area (Å²) in [6, 6.07) is 0. The maximum Gasteiger partial charge on any atom is 0.0484 e. The van der Waals surface area contributed by atoms with E-state index in [1.807, 2.05) is 0 Å². The third-order valence-corrected chi connectivity index (χ3v) is 4.56. The molecule has 2 heterocycles. The highest BCUT2D eigenvalue weighted by Gasteiger charge is 2.35. The van der Waals surface area contributed by atoms with Crippen molar-refractivity contribution >= 4 is 0 Å². The second-order valence-corrected chi connectivity index (χ2v) is 5.51. The molecule has 2 fully saturated rings. The molecule has 100 valence electrons. The van der Waals surface area contributed by atoms with Crippen LogP contribution in [0.25, 0.3) is 0 Å². The molecule has 17 heavy (non-hydrogen) atoms. The van der Waals surface area contributed by atoms with E-state index in [1.54, 1.807) is 0 Å². The predicted molar refractivity (Wildman–Crippen MR) is 70.1 cm³/mol. The van der Waals surface area contributed by atoms with Crippen molar-refractivity contribution in [3.63, 3.8) is 0 Å². The highest BCUT2D eigenvalue weighted by atomic mass is 16.5. The van der Waals surface area contributed by atoms with Crippen molar-refractivity contribution in [3.8, 4) is 0 Å². The summed E-state index contributed by atoms with van der Waals surface area (Å²) in [5.41, 5.74) is 6.20. The largest absolute Gasteiger partial charge is 0.381 e. The molecule has 0 radical (unpaired) electrons. The quantitative estimate of drug-likeness (QED) is 0.762. The summed E-state index contributed by atoms with van der Waals surface area (Å²) in [5.74, 6) is 0. The van der Waals surface area contributed by atoms with Crippen LogP contribution in [0.1, 0.15) is 25.7 Å². The minimum atomic E-state index is 0.192. The topological polar surface area (TPSA) is 41.7 Å². The van der Waals surface area contributed by atoms with Crippen LogP contribution in [0.15, 0.2) is 0 Å². The van der Waals surface area contributed by atoms with Crippen LogP contribution in [0.2, 0.25) is 0 Å². The van der Waals surface area contributed by atoms with Gasteiger partial charge in [-0.25, -0.2) is 0 Å². The Hall–Kier alpha value is -0.160. The number of nitrogens with zero attached hydrogens (tertiary/aromatic N) is 2. The van der Waals surface area contributed by atoms with Crippen LogP contribution in [0.3, 0.4) is 0 Å². The van der Waals surface area contributed by atoms with Gasteiger partial charge in [0.15, 0.2) is 0 Å². The summed E-state index contributed by atoms with van der Waals surface area (Å²) in [4.78, 5) is 5.05. The monoisotopic (exact) mass is 241 g/mol. The molecule has 4 nitrogen and oxygen atoms in total. The molecule has 0 unspecified atom stereocenters. The lowest BCUT2D eigenvalue weighted by molar-refractivity contribution is -0.0151. The molecule has 0 bridgehead atoms. The summed E-state index contributed by atoms with van der Waals surface area (Å²) in [7, 11) is 2.23. The van der Waals surface area contributed by atoms with Crippen molar-refractivity contribution in [2.24, 2.45) is 5.73 Å². The van der Waals surface area contributed by atoms with E-state index in [-0.39, 0.29) is 5.54 Å². The number of likely N-dealkylation sites (N-methyl/N-ethyl adjacent to an activating group) is 1. The first-order chi connectivity index (χ1) is 8.27. The second-order valence-electron chi connectivity index (χ2n) is 5.51. The first kappa shape index (κ1) is 13.3. The molecule has 4 heteroatoms. The van der Waals surface area contributed by atoms with Gasteiger partial charge < -0.3 is 15.4 Å². The van der Waals surface area contributed by atoms with E-state index in [1.165, 1.54) is 32.5 Å².